The molecule has 0 fully saturated rings. The van der Waals surface area contributed by atoms with E-state index in [0.29, 0.717) is 41.3 Å². The fourth-order valence-corrected chi connectivity index (χ4v) is 4.57. The van der Waals surface area contributed by atoms with Crippen molar-refractivity contribution in [1.82, 2.24) is 5.32 Å². The number of methoxy groups -OCH3 is 2. The maximum absolute atomic E-state index is 13.2. The number of rotatable bonds is 7. The van der Waals surface area contributed by atoms with Crippen molar-refractivity contribution in [3.8, 4) is 11.5 Å². The van der Waals surface area contributed by atoms with Crippen molar-refractivity contribution < 1.29 is 23.9 Å². The average Bonchev–Trinajstić information content (AvgIpc) is 3.08. The van der Waals surface area contributed by atoms with Crippen LogP contribution < -0.4 is 19.7 Å². The molecule has 180 valence electrons. The second-order valence-corrected chi connectivity index (χ2v) is 8.65. The van der Waals surface area contributed by atoms with Gasteiger partial charge in [-0.25, -0.2) is 4.90 Å². The number of amides is 3. The van der Waals surface area contributed by atoms with Crippen LogP contribution in [0.25, 0.3) is 0 Å². The molecule has 0 aliphatic carbocycles. The molecular formula is C28H28N2O5. The van der Waals surface area contributed by atoms with Gasteiger partial charge in [-0.05, 0) is 74.2 Å². The molecule has 1 heterocycles. The molecule has 0 aromatic heterocycles. The summed E-state index contributed by atoms with van der Waals surface area (Å²) in [5.74, 6) is 0.166. The predicted molar refractivity (Wildman–Crippen MR) is 134 cm³/mol. The minimum Gasteiger partial charge on any atom is -0.493 e. The summed E-state index contributed by atoms with van der Waals surface area (Å²) in [6, 6.07) is 14.1. The summed E-state index contributed by atoms with van der Waals surface area (Å²) in [5, 5.41) is 2.88. The van der Waals surface area contributed by atoms with Crippen molar-refractivity contribution in [2.24, 2.45) is 0 Å². The number of fused-ring (bicyclic) bond motifs is 1. The molecule has 1 N–H and O–H groups in total. The van der Waals surface area contributed by atoms with Gasteiger partial charge < -0.3 is 14.8 Å². The molecule has 7 nitrogen and oxygen atoms in total. The molecular weight excluding hydrogens is 444 g/mol. The largest absolute Gasteiger partial charge is 0.493 e. The van der Waals surface area contributed by atoms with E-state index in [1.807, 2.05) is 51.1 Å². The van der Waals surface area contributed by atoms with Crippen molar-refractivity contribution in [2.75, 3.05) is 25.7 Å². The third-order valence-electron chi connectivity index (χ3n) is 6.15. The number of hydrogen-bond donors (Lipinski definition) is 1. The minimum atomic E-state index is -0.417. The number of nitrogens with one attached hydrogen (secondary N) is 1. The van der Waals surface area contributed by atoms with E-state index in [0.717, 1.165) is 22.3 Å². The molecule has 4 rings (SSSR count). The standard InChI is InChI=1S/C28H28N2O5/c1-16-12-17(2)25(18(3)13-16)30-27(32)21-8-7-20(15-22(21)28(30)33)26(31)29-11-10-19-6-9-23(34-4)24(14-19)35-5/h6-9,12-15H,10-11H2,1-5H3,(H,29,31). The number of imide groups is 1. The Morgan fingerprint density at radius 2 is 1.49 bits per heavy atom. The Kier molecular flexibility index (Phi) is 6.60. The van der Waals surface area contributed by atoms with Gasteiger partial charge in [-0.15, -0.1) is 0 Å². The first-order chi connectivity index (χ1) is 16.7. The summed E-state index contributed by atoms with van der Waals surface area (Å²) in [4.78, 5) is 40.3. The lowest BCUT2D eigenvalue weighted by molar-refractivity contribution is 0.0923. The molecule has 1 aliphatic rings. The summed E-state index contributed by atoms with van der Waals surface area (Å²) in [6.07, 6.45) is 0.591. The van der Waals surface area contributed by atoms with Crippen LogP contribution in [0.1, 0.15) is 53.3 Å². The topological polar surface area (TPSA) is 84.9 Å². The Bertz CT molecular complexity index is 1320. The summed E-state index contributed by atoms with van der Waals surface area (Å²) in [7, 11) is 3.15. The van der Waals surface area contributed by atoms with E-state index in [1.54, 1.807) is 26.4 Å². The molecule has 0 radical (unpaired) electrons. The zero-order chi connectivity index (χ0) is 25.3. The van der Waals surface area contributed by atoms with Crippen molar-refractivity contribution in [1.29, 1.82) is 0 Å². The average molecular weight is 473 g/mol. The van der Waals surface area contributed by atoms with Crippen LogP contribution in [0.2, 0.25) is 0 Å². The second kappa shape index (κ2) is 9.62. The van der Waals surface area contributed by atoms with Crippen LogP contribution in [0.3, 0.4) is 0 Å². The SMILES string of the molecule is COc1ccc(CCNC(=O)c2ccc3c(c2)C(=O)N(c2c(C)cc(C)cc2C)C3=O)cc1OC. The van der Waals surface area contributed by atoms with Gasteiger partial charge in [-0.1, -0.05) is 23.8 Å². The highest BCUT2D eigenvalue weighted by atomic mass is 16.5. The smallest absolute Gasteiger partial charge is 0.266 e. The van der Waals surface area contributed by atoms with Crippen LogP contribution in [0.4, 0.5) is 5.69 Å². The number of ether oxygens (including phenoxy) is 2. The molecule has 0 saturated carbocycles. The number of carbonyl (C=O) groups is 3. The lowest BCUT2D eigenvalue weighted by Crippen LogP contribution is -2.30. The van der Waals surface area contributed by atoms with Gasteiger partial charge in [-0.3, -0.25) is 14.4 Å². The molecule has 35 heavy (non-hydrogen) atoms. The van der Waals surface area contributed by atoms with E-state index in [2.05, 4.69) is 5.32 Å². The van der Waals surface area contributed by atoms with Crippen molar-refractivity contribution in [2.45, 2.75) is 27.2 Å². The first-order valence-corrected chi connectivity index (χ1v) is 11.3. The zero-order valence-electron chi connectivity index (χ0n) is 20.5. The molecule has 0 unspecified atom stereocenters. The second-order valence-electron chi connectivity index (χ2n) is 8.65. The zero-order valence-corrected chi connectivity index (χ0v) is 20.5. The normalized spacial score (nSPS) is 12.5. The van der Waals surface area contributed by atoms with Gasteiger partial charge in [0.25, 0.3) is 17.7 Å². The Balaban J connectivity index is 1.49. The molecule has 0 atom stereocenters. The maximum Gasteiger partial charge on any atom is 0.266 e. The van der Waals surface area contributed by atoms with Crippen LogP contribution >= 0.6 is 0 Å². The third kappa shape index (κ3) is 4.49. The van der Waals surface area contributed by atoms with Gasteiger partial charge >= 0.3 is 0 Å². The van der Waals surface area contributed by atoms with Crippen LogP contribution in [0.5, 0.6) is 11.5 Å². The van der Waals surface area contributed by atoms with E-state index < -0.39 is 5.91 Å². The Labute approximate surface area is 204 Å². The quantitative estimate of drug-likeness (QED) is 0.515. The number of aryl methyl sites for hydroxylation is 3. The monoisotopic (exact) mass is 472 g/mol. The van der Waals surface area contributed by atoms with Crippen molar-refractivity contribution in [3.05, 3.63) is 87.5 Å². The van der Waals surface area contributed by atoms with E-state index in [1.165, 1.54) is 11.0 Å². The molecule has 0 saturated heterocycles. The summed E-state index contributed by atoms with van der Waals surface area (Å²) < 4.78 is 10.6. The predicted octanol–water partition coefficient (Wildman–Crippen LogP) is 4.40. The van der Waals surface area contributed by atoms with Crippen LogP contribution in [-0.4, -0.2) is 38.5 Å². The third-order valence-corrected chi connectivity index (χ3v) is 6.15. The van der Waals surface area contributed by atoms with Crippen LogP contribution in [0.15, 0.2) is 48.5 Å². The van der Waals surface area contributed by atoms with E-state index in [-0.39, 0.29) is 17.4 Å². The number of benzene rings is 3. The number of hydrogen-bond acceptors (Lipinski definition) is 5. The number of carbonyl (C=O) groups excluding carboxylic acids is 3. The maximum atomic E-state index is 13.2. The van der Waals surface area contributed by atoms with Crippen LogP contribution in [-0.2, 0) is 6.42 Å². The van der Waals surface area contributed by atoms with Crippen molar-refractivity contribution >= 4 is 23.4 Å². The summed E-state index contributed by atoms with van der Waals surface area (Å²) in [6.45, 7) is 6.14. The van der Waals surface area contributed by atoms with E-state index >= 15 is 0 Å². The number of anilines is 1. The lowest BCUT2D eigenvalue weighted by Gasteiger charge is -2.20. The first-order valence-electron chi connectivity index (χ1n) is 11.3. The highest BCUT2D eigenvalue weighted by molar-refractivity contribution is 6.35. The van der Waals surface area contributed by atoms with Gasteiger partial charge in [0.05, 0.1) is 31.0 Å². The van der Waals surface area contributed by atoms with Gasteiger partial charge in [0.15, 0.2) is 11.5 Å². The fourth-order valence-electron chi connectivity index (χ4n) is 4.57. The van der Waals surface area contributed by atoms with Gasteiger partial charge in [0.1, 0.15) is 0 Å². The first kappa shape index (κ1) is 24.0. The van der Waals surface area contributed by atoms with Crippen LogP contribution in [0, 0.1) is 20.8 Å². The summed E-state index contributed by atoms with van der Waals surface area (Å²) in [5.41, 5.74) is 5.22. The Morgan fingerprint density at radius 1 is 0.829 bits per heavy atom. The molecule has 1 aliphatic heterocycles. The van der Waals surface area contributed by atoms with E-state index in [4.69, 9.17) is 9.47 Å². The minimum absolute atomic E-state index is 0.238. The van der Waals surface area contributed by atoms with E-state index in [9.17, 15) is 14.4 Å². The highest BCUT2D eigenvalue weighted by Gasteiger charge is 2.38. The number of nitrogens with zero attached hydrogens (tertiary/aromatic N) is 1. The fraction of sp³-hybridized carbons (Fsp3) is 0.250. The molecule has 3 aromatic rings. The molecule has 0 bridgehead atoms. The van der Waals surface area contributed by atoms with Crippen molar-refractivity contribution in [3.63, 3.8) is 0 Å². The highest BCUT2D eigenvalue weighted by Crippen LogP contribution is 2.34. The Morgan fingerprint density at radius 3 is 2.14 bits per heavy atom. The van der Waals surface area contributed by atoms with Gasteiger partial charge in [0.2, 0.25) is 0 Å². The lowest BCUT2D eigenvalue weighted by atomic mass is 10.0. The molecule has 7 heteroatoms. The van der Waals surface area contributed by atoms with Gasteiger partial charge in [0, 0.05) is 12.1 Å². The molecule has 0 spiro atoms. The Hall–Kier alpha value is -4.13. The molecule has 3 amide bonds. The molecule has 3 aromatic carbocycles. The summed E-state index contributed by atoms with van der Waals surface area (Å²) >= 11 is 0. The van der Waals surface area contributed by atoms with Gasteiger partial charge in [-0.2, -0.15) is 0 Å².